The van der Waals surface area contributed by atoms with Crippen LogP contribution in [-0.4, -0.2) is 32.2 Å². The SMILES string of the molecule is CSc1ccccc1NC(=O)C(C)Sc1nnc(-c2ccoc2C)n1-c1ccccc1. The number of nitrogens with one attached hydrogen (secondary N) is 1. The highest BCUT2D eigenvalue weighted by Gasteiger charge is 2.23. The second-order valence-electron chi connectivity index (χ2n) is 6.82. The zero-order valence-electron chi connectivity index (χ0n) is 17.4. The summed E-state index contributed by atoms with van der Waals surface area (Å²) in [5.74, 6) is 1.36. The summed E-state index contributed by atoms with van der Waals surface area (Å²) >= 11 is 2.97. The van der Waals surface area contributed by atoms with E-state index < -0.39 is 0 Å². The Morgan fingerprint density at radius 2 is 1.81 bits per heavy atom. The van der Waals surface area contributed by atoms with Gasteiger partial charge in [-0.1, -0.05) is 42.1 Å². The molecule has 0 aliphatic heterocycles. The fourth-order valence-electron chi connectivity index (χ4n) is 3.14. The van der Waals surface area contributed by atoms with Crippen LogP contribution in [0.3, 0.4) is 0 Å². The fourth-order valence-corrected chi connectivity index (χ4v) is 4.56. The first-order valence-corrected chi connectivity index (χ1v) is 11.8. The molecule has 1 atom stereocenters. The van der Waals surface area contributed by atoms with E-state index in [1.807, 2.05) is 85.3 Å². The monoisotopic (exact) mass is 450 g/mol. The number of hydrogen-bond donors (Lipinski definition) is 1. The number of aromatic nitrogens is 3. The zero-order valence-corrected chi connectivity index (χ0v) is 19.0. The van der Waals surface area contributed by atoms with Crippen LogP contribution in [0.1, 0.15) is 12.7 Å². The van der Waals surface area contributed by atoms with Crippen LogP contribution in [0.5, 0.6) is 0 Å². The van der Waals surface area contributed by atoms with Crippen molar-refractivity contribution >= 4 is 35.1 Å². The third kappa shape index (κ3) is 4.55. The fraction of sp³-hybridized carbons (Fsp3) is 0.174. The molecule has 0 saturated carbocycles. The highest BCUT2D eigenvalue weighted by molar-refractivity contribution is 8.00. The predicted molar refractivity (Wildman–Crippen MR) is 126 cm³/mol. The summed E-state index contributed by atoms with van der Waals surface area (Å²) < 4.78 is 7.43. The van der Waals surface area contributed by atoms with Gasteiger partial charge in [-0.15, -0.1) is 22.0 Å². The second-order valence-corrected chi connectivity index (χ2v) is 8.97. The summed E-state index contributed by atoms with van der Waals surface area (Å²) in [5, 5.41) is 12.1. The van der Waals surface area contributed by atoms with E-state index in [0.717, 1.165) is 27.6 Å². The minimum Gasteiger partial charge on any atom is -0.469 e. The van der Waals surface area contributed by atoms with Crippen molar-refractivity contribution in [2.45, 2.75) is 29.1 Å². The molecule has 158 valence electrons. The van der Waals surface area contributed by atoms with E-state index in [-0.39, 0.29) is 11.2 Å². The van der Waals surface area contributed by atoms with Crippen molar-refractivity contribution in [3.63, 3.8) is 0 Å². The lowest BCUT2D eigenvalue weighted by atomic mass is 10.2. The molecular weight excluding hydrogens is 428 g/mol. The van der Waals surface area contributed by atoms with Crippen molar-refractivity contribution in [1.29, 1.82) is 0 Å². The number of anilines is 1. The highest BCUT2D eigenvalue weighted by Crippen LogP contribution is 2.32. The van der Waals surface area contributed by atoms with Gasteiger partial charge in [0.15, 0.2) is 11.0 Å². The van der Waals surface area contributed by atoms with E-state index in [4.69, 9.17) is 4.42 Å². The van der Waals surface area contributed by atoms with Gasteiger partial charge in [0.2, 0.25) is 5.91 Å². The molecule has 0 radical (unpaired) electrons. The summed E-state index contributed by atoms with van der Waals surface area (Å²) in [5.41, 5.74) is 2.60. The van der Waals surface area contributed by atoms with E-state index >= 15 is 0 Å². The van der Waals surface area contributed by atoms with Crippen molar-refractivity contribution in [2.24, 2.45) is 0 Å². The molecule has 0 aliphatic rings. The van der Waals surface area contributed by atoms with E-state index in [1.54, 1.807) is 18.0 Å². The number of para-hydroxylation sites is 2. The molecule has 4 aromatic rings. The minimum atomic E-state index is -0.375. The Morgan fingerprint density at radius 3 is 2.52 bits per heavy atom. The molecule has 2 heterocycles. The number of carbonyl (C=O) groups is 1. The summed E-state index contributed by atoms with van der Waals surface area (Å²) in [7, 11) is 0. The van der Waals surface area contributed by atoms with Crippen LogP contribution in [0.25, 0.3) is 17.1 Å². The van der Waals surface area contributed by atoms with Gasteiger partial charge in [0.1, 0.15) is 5.76 Å². The quantitative estimate of drug-likeness (QED) is 0.365. The maximum absolute atomic E-state index is 12.9. The van der Waals surface area contributed by atoms with E-state index in [0.29, 0.717) is 11.0 Å². The number of rotatable bonds is 7. The van der Waals surface area contributed by atoms with Crippen LogP contribution in [0.15, 0.2) is 81.4 Å². The number of carbonyl (C=O) groups excluding carboxylic acids is 1. The lowest BCUT2D eigenvalue weighted by Gasteiger charge is -2.15. The largest absolute Gasteiger partial charge is 0.469 e. The molecule has 0 spiro atoms. The van der Waals surface area contributed by atoms with Crippen LogP contribution in [-0.2, 0) is 4.79 Å². The first kappa shape index (κ1) is 21.3. The molecule has 0 saturated heterocycles. The van der Waals surface area contributed by atoms with Crippen molar-refractivity contribution < 1.29 is 9.21 Å². The molecule has 31 heavy (non-hydrogen) atoms. The molecule has 2 aromatic heterocycles. The lowest BCUT2D eigenvalue weighted by Crippen LogP contribution is -2.23. The van der Waals surface area contributed by atoms with Crippen molar-refractivity contribution in [3.8, 4) is 17.1 Å². The molecule has 1 amide bonds. The summed E-state index contributed by atoms with van der Waals surface area (Å²) in [6, 6.07) is 19.5. The number of thioether (sulfide) groups is 2. The zero-order chi connectivity index (χ0) is 21.8. The van der Waals surface area contributed by atoms with Crippen LogP contribution in [0.2, 0.25) is 0 Å². The van der Waals surface area contributed by atoms with Gasteiger partial charge in [-0.3, -0.25) is 9.36 Å². The van der Waals surface area contributed by atoms with Crippen molar-refractivity contribution in [2.75, 3.05) is 11.6 Å². The lowest BCUT2D eigenvalue weighted by molar-refractivity contribution is -0.115. The average Bonchev–Trinajstić information content (AvgIpc) is 3.40. The molecule has 0 aliphatic carbocycles. The van der Waals surface area contributed by atoms with Gasteiger partial charge in [0.05, 0.1) is 22.8 Å². The van der Waals surface area contributed by atoms with Crippen molar-refractivity contribution in [1.82, 2.24) is 14.8 Å². The number of amides is 1. The number of furan rings is 1. The van der Waals surface area contributed by atoms with E-state index in [2.05, 4.69) is 15.5 Å². The molecule has 4 rings (SSSR count). The normalized spacial score (nSPS) is 12.0. The molecule has 1 N–H and O–H groups in total. The van der Waals surface area contributed by atoms with Crippen LogP contribution in [0, 0.1) is 6.92 Å². The van der Waals surface area contributed by atoms with Gasteiger partial charge in [-0.05, 0) is 50.4 Å². The summed E-state index contributed by atoms with van der Waals surface area (Å²) in [6.07, 6.45) is 3.63. The third-order valence-electron chi connectivity index (χ3n) is 4.76. The van der Waals surface area contributed by atoms with Crippen LogP contribution in [0.4, 0.5) is 5.69 Å². The number of aryl methyl sites for hydroxylation is 1. The van der Waals surface area contributed by atoms with Gasteiger partial charge in [0, 0.05) is 10.6 Å². The average molecular weight is 451 g/mol. The Balaban J connectivity index is 1.63. The van der Waals surface area contributed by atoms with E-state index in [1.165, 1.54) is 11.8 Å². The molecule has 2 aromatic carbocycles. The second kappa shape index (κ2) is 9.45. The number of benzene rings is 2. The smallest absolute Gasteiger partial charge is 0.237 e. The highest BCUT2D eigenvalue weighted by atomic mass is 32.2. The Hall–Kier alpha value is -2.97. The Labute approximate surface area is 189 Å². The maximum Gasteiger partial charge on any atom is 0.237 e. The molecule has 8 heteroatoms. The topological polar surface area (TPSA) is 73.0 Å². The Bertz CT molecular complexity index is 1190. The molecule has 0 bridgehead atoms. The predicted octanol–water partition coefficient (Wildman–Crippen LogP) is 5.68. The van der Waals surface area contributed by atoms with Gasteiger partial charge >= 0.3 is 0 Å². The van der Waals surface area contributed by atoms with Gasteiger partial charge in [-0.25, -0.2) is 0 Å². The van der Waals surface area contributed by atoms with Crippen molar-refractivity contribution in [3.05, 3.63) is 72.7 Å². The molecule has 0 fully saturated rings. The van der Waals surface area contributed by atoms with Crippen LogP contribution < -0.4 is 5.32 Å². The first-order chi connectivity index (χ1) is 15.1. The Kier molecular flexibility index (Phi) is 6.48. The maximum atomic E-state index is 12.9. The summed E-state index contributed by atoms with van der Waals surface area (Å²) in [4.78, 5) is 13.9. The van der Waals surface area contributed by atoms with Crippen LogP contribution >= 0.6 is 23.5 Å². The van der Waals surface area contributed by atoms with Gasteiger partial charge in [0.25, 0.3) is 0 Å². The van der Waals surface area contributed by atoms with Gasteiger partial charge < -0.3 is 9.73 Å². The number of nitrogens with zero attached hydrogens (tertiary/aromatic N) is 3. The molecular formula is C23H22N4O2S2. The molecule has 6 nitrogen and oxygen atoms in total. The Morgan fingerprint density at radius 1 is 1.06 bits per heavy atom. The number of hydrogen-bond acceptors (Lipinski definition) is 6. The summed E-state index contributed by atoms with van der Waals surface area (Å²) in [6.45, 7) is 3.76. The van der Waals surface area contributed by atoms with Gasteiger partial charge in [-0.2, -0.15) is 0 Å². The first-order valence-electron chi connectivity index (χ1n) is 9.74. The molecule has 1 unspecified atom stereocenters. The minimum absolute atomic E-state index is 0.0878. The van der Waals surface area contributed by atoms with E-state index in [9.17, 15) is 4.79 Å². The third-order valence-corrected chi connectivity index (χ3v) is 6.60. The standard InChI is InChI=1S/C23H22N4O2S2/c1-15-18(13-14-29-15)21-25-26-23(27(21)17-9-5-4-6-10-17)31-16(2)22(28)24-19-11-7-8-12-20(19)30-3/h4-14,16H,1-3H3,(H,24,28).